The Morgan fingerprint density at radius 1 is 1.31 bits per heavy atom. The van der Waals surface area contributed by atoms with Crippen LogP contribution >= 0.6 is 11.3 Å². The lowest BCUT2D eigenvalue weighted by molar-refractivity contribution is -0.132. The molecule has 1 saturated heterocycles. The minimum atomic E-state index is -0.729. The molecular formula is C20H23F2N3O3S. The van der Waals surface area contributed by atoms with Gasteiger partial charge in [0.25, 0.3) is 0 Å². The molecule has 0 unspecified atom stereocenters. The van der Waals surface area contributed by atoms with Gasteiger partial charge in [-0.3, -0.25) is 9.59 Å². The first-order chi connectivity index (χ1) is 13.8. The van der Waals surface area contributed by atoms with Crippen molar-refractivity contribution in [3.63, 3.8) is 0 Å². The van der Waals surface area contributed by atoms with E-state index in [9.17, 15) is 18.4 Å². The maximum Gasteiger partial charge on any atom is 0.228 e. The molecule has 0 spiro atoms. The number of nitrogens with zero attached hydrogens (tertiary/aromatic N) is 2. The summed E-state index contributed by atoms with van der Waals surface area (Å²) in [6, 6.07) is 3.22. The zero-order valence-electron chi connectivity index (χ0n) is 16.3. The summed E-state index contributed by atoms with van der Waals surface area (Å²) < 4.78 is 32.3. The molecule has 1 aliphatic rings. The van der Waals surface area contributed by atoms with Gasteiger partial charge < -0.3 is 15.0 Å². The lowest BCUT2D eigenvalue weighted by Gasteiger charge is -2.32. The first-order valence-electron chi connectivity index (χ1n) is 9.46. The van der Waals surface area contributed by atoms with E-state index in [1.807, 2.05) is 0 Å². The Labute approximate surface area is 171 Å². The molecule has 6 nitrogen and oxygen atoms in total. The number of piperidine rings is 1. The van der Waals surface area contributed by atoms with Gasteiger partial charge in [0.15, 0.2) is 16.7 Å². The SMILES string of the molecule is CC(C)C(=O)Nc1nc(CC(=O)N2CCC(Oc3ccc(F)cc3F)CC2)cs1. The lowest BCUT2D eigenvalue weighted by atomic mass is 10.1. The number of carbonyl (C=O) groups is 2. The van der Waals surface area contributed by atoms with Gasteiger partial charge in [0.2, 0.25) is 11.8 Å². The third-order valence-electron chi connectivity index (χ3n) is 4.62. The lowest BCUT2D eigenvalue weighted by Crippen LogP contribution is -2.42. The highest BCUT2D eigenvalue weighted by atomic mass is 32.1. The maximum atomic E-state index is 13.7. The number of anilines is 1. The summed E-state index contributed by atoms with van der Waals surface area (Å²) in [5.74, 6) is -1.66. The highest BCUT2D eigenvalue weighted by molar-refractivity contribution is 7.13. The van der Waals surface area contributed by atoms with E-state index in [2.05, 4.69) is 10.3 Å². The summed E-state index contributed by atoms with van der Waals surface area (Å²) in [5.41, 5.74) is 0.616. The average Bonchev–Trinajstić information content (AvgIpc) is 3.11. The normalized spacial score (nSPS) is 14.9. The summed E-state index contributed by atoms with van der Waals surface area (Å²) in [7, 11) is 0. The standard InChI is InChI=1S/C20H23F2N3O3S/c1-12(2)19(27)24-20-23-14(11-29-20)10-18(26)25-7-5-15(6-8-25)28-17-4-3-13(21)9-16(17)22/h3-4,9,11-12,15H,5-8,10H2,1-2H3,(H,23,24,27). The second-order valence-electron chi connectivity index (χ2n) is 7.24. The second kappa shape index (κ2) is 9.30. The molecule has 1 N–H and O–H groups in total. The van der Waals surface area contributed by atoms with Crippen molar-refractivity contribution in [3.05, 3.63) is 40.9 Å². The fourth-order valence-electron chi connectivity index (χ4n) is 2.94. The van der Waals surface area contributed by atoms with Crippen molar-refractivity contribution >= 4 is 28.3 Å². The summed E-state index contributed by atoms with van der Waals surface area (Å²) in [4.78, 5) is 30.3. The third-order valence-corrected chi connectivity index (χ3v) is 5.43. The van der Waals surface area contributed by atoms with Crippen LogP contribution in [0.15, 0.2) is 23.6 Å². The van der Waals surface area contributed by atoms with Crippen LogP contribution in [0, 0.1) is 17.6 Å². The number of benzene rings is 1. The monoisotopic (exact) mass is 423 g/mol. The van der Waals surface area contributed by atoms with Gasteiger partial charge in [-0.25, -0.2) is 13.8 Å². The molecule has 29 heavy (non-hydrogen) atoms. The van der Waals surface area contributed by atoms with Crippen LogP contribution in [0.4, 0.5) is 13.9 Å². The molecule has 0 saturated carbocycles. The van der Waals surface area contributed by atoms with Crippen LogP contribution in [0.5, 0.6) is 5.75 Å². The molecule has 0 atom stereocenters. The van der Waals surface area contributed by atoms with E-state index in [0.717, 1.165) is 12.1 Å². The molecule has 2 heterocycles. The molecule has 2 amide bonds. The number of nitrogens with one attached hydrogen (secondary N) is 1. The topological polar surface area (TPSA) is 71.5 Å². The van der Waals surface area contributed by atoms with E-state index >= 15 is 0 Å². The van der Waals surface area contributed by atoms with Gasteiger partial charge in [-0.15, -0.1) is 11.3 Å². The Morgan fingerprint density at radius 3 is 2.69 bits per heavy atom. The van der Waals surface area contributed by atoms with Crippen molar-refractivity contribution in [3.8, 4) is 5.75 Å². The van der Waals surface area contributed by atoms with Crippen LogP contribution in [0.25, 0.3) is 0 Å². The van der Waals surface area contributed by atoms with E-state index in [0.29, 0.717) is 36.8 Å². The highest BCUT2D eigenvalue weighted by Gasteiger charge is 2.25. The third kappa shape index (κ3) is 5.72. The van der Waals surface area contributed by atoms with Crippen molar-refractivity contribution < 1.29 is 23.1 Å². The molecular weight excluding hydrogens is 400 g/mol. The summed E-state index contributed by atoms with van der Waals surface area (Å²) in [6.07, 6.45) is 1.06. The summed E-state index contributed by atoms with van der Waals surface area (Å²) >= 11 is 1.29. The number of hydrogen-bond donors (Lipinski definition) is 1. The Bertz CT molecular complexity index is 880. The zero-order valence-corrected chi connectivity index (χ0v) is 17.1. The van der Waals surface area contributed by atoms with Crippen molar-refractivity contribution in [2.24, 2.45) is 5.92 Å². The number of ether oxygens (including phenoxy) is 1. The smallest absolute Gasteiger partial charge is 0.228 e. The number of likely N-dealkylation sites (tertiary alicyclic amines) is 1. The number of halogens is 2. The van der Waals surface area contributed by atoms with Crippen molar-refractivity contribution in [2.45, 2.75) is 39.2 Å². The number of hydrogen-bond acceptors (Lipinski definition) is 5. The van der Waals surface area contributed by atoms with Gasteiger partial charge in [0.1, 0.15) is 11.9 Å². The largest absolute Gasteiger partial charge is 0.487 e. The van der Waals surface area contributed by atoms with Crippen LogP contribution < -0.4 is 10.1 Å². The Balaban J connectivity index is 1.47. The second-order valence-corrected chi connectivity index (χ2v) is 8.10. The first-order valence-corrected chi connectivity index (χ1v) is 10.3. The molecule has 0 radical (unpaired) electrons. The fraction of sp³-hybridized carbons (Fsp3) is 0.450. The van der Waals surface area contributed by atoms with Gasteiger partial charge in [-0.1, -0.05) is 13.8 Å². The zero-order chi connectivity index (χ0) is 21.0. The average molecular weight is 423 g/mol. The van der Waals surface area contributed by atoms with E-state index < -0.39 is 11.6 Å². The molecule has 1 aromatic heterocycles. The molecule has 9 heteroatoms. The Morgan fingerprint density at radius 2 is 2.03 bits per heavy atom. The molecule has 0 bridgehead atoms. The molecule has 1 aromatic carbocycles. The first kappa shape index (κ1) is 21.2. The van der Waals surface area contributed by atoms with Gasteiger partial charge >= 0.3 is 0 Å². The van der Waals surface area contributed by atoms with Crippen LogP contribution in [0.2, 0.25) is 0 Å². The summed E-state index contributed by atoms with van der Waals surface area (Å²) in [5, 5.41) is 4.98. The van der Waals surface area contributed by atoms with Crippen molar-refractivity contribution in [2.75, 3.05) is 18.4 Å². The fourth-order valence-corrected chi connectivity index (χ4v) is 3.65. The number of amides is 2. The van der Waals surface area contributed by atoms with Gasteiger partial charge in [-0.2, -0.15) is 0 Å². The van der Waals surface area contributed by atoms with Crippen LogP contribution in [-0.2, 0) is 16.0 Å². The number of thiazole rings is 1. The summed E-state index contributed by atoms with van der Waals surface area (Å²) in [6.45, 7) is 4.58. The minimum Gasteiger partial charge on any atom is -0.487 e. The molecule has 1 aliphatic heterocycles. The van der Waals surface area contributed by atoms with E-state index in [-0.39, 0.29) is 36.0 Å². The van der Waals surface area contributed by atoms with E-state index in [1.54, 1.807) is 24.1 Å². The maximum absolute atomic E-state index is 13.7. The van der Waals surface area contributed by atoms with Crippen LogP contribution in [0.3, 0.4) is 0 Å². The molecule has 1 fully saturated rings. The molecule has 0 aliphatic carbocycles. The Hall–Kier alpha value is -2.55. The van der Waals surface area contributed by atoms with Gasteiger partial charge in [0, 0.05) is 43.3 Å². The molecule has 3 rings (SSSR count). The number of aromatic nitrogens is 1. The van der Waals surface area contributed by atoms with Crippen molar-refractivity contribution in [1.29, 1.82) is 0 Å². The number of rotatable bonds is 6. The van der Waals surface area contributed by atoms with E-state index in [4.69, 9.17) is 4.74 Å². The van der Waals surface area contributed by atoms with Crippen LogP contribution in [0.1, 0.15) is 32.4 Å². The van der Waals surface area contributed by atoms with E-state index in [1.165, 1.54) is 17.4 Å². The number of carbonyl (C=O) groups excluding carboxylic acids is 2. The molecule has 156 valence electrons. The van der Waals surface area contributed by atoms with Gasteiger partial charge in [-0.05, 0) is 12.1 Å². The minimum absolute atomic E-state index is 0.0228. The highest BCUT2D eigenvalue weighted by Crippen LogP contribution is 2.23. The predicted octanol–water partition coefficient (Wildman–Crippen LogP) is 3.63. The molecule has 2 aromatic rings. The van der Waals surface area contributed by atoms with Crippen molar-refractivity contribution in [1.82, 2.24) is 9.88 Å². The van der Waals surface area contributed by atoms with Crippen LogP contribution in [-0.4, -0.2) is 40.9 Å². The van der Waals surface area contributed by atoms with Gasteiger partial charge in [0.05, 0.1) is 12.1 Å². The Kier molecular flexibility index (Phi) is 6.79. The quantitative estimate of drug-likeness (QED) is 0.770. The predicted molar refractivity (Wildman–Crippen MR) is 106 cm³/mol.